The molecule has 0 aromatic heterocycles. The van der Waals surface area contributed by atoms with E-state index in [0.717, 1.165) is 25.7 Å². The maximum absolute atomic E-state index is 12.2. The molecule has 2 fully saturated rings. The Morgan fingerprint density at radius 1 is 1.28 bits per heavy atom. The van der Waals surface area contributed by atoms with Crippen LogP contribution in [0.3, 0.4) is 0 Å². The number of nitrogens with one attached hydrogen (secondary N) is 1. The number of carbonyl (C=O) groups excluding carboxylic acids is 1. The zero-order valence-corrected chi connectivity index (χ0v) is 11.9. The summed E-state index contributed by atoms with van der Waals surface area (Å²) >= 11 is 0. The van der Waals surface area contributed by atoms with Crippen molar-refractivity contribution in [3.05, 3.63) is 0 Å². The molecule has 0 aromatic rings. The first-order valence-electron chi connectivity index (χ1n) is 7.37. The van der Waals surface area contributed by atoms with Gasteiger partial charge in [-0.2, -0.15) is 0 Å². The molecule has 2 saturated carbocycles. The smallest absolute Gasteiger partial charge is 0.225 e. The van der Waals surface area contributed by atoms with E-state index in [4.69, 9.17) is 0 Å². The van der Waals surface area contributed by atoms with E-state index < -0.39 is 6.10 Å². The molecule has 2 N–H and O–H groups in total. The van der Waals surface area contributed by atoms with E-state index in [-0.39, 0.29) is 11.8 Å². The van der Waals surface area contributed by atoms with Gasteiger partial charge < -0.3 is 10.4 Å². The van der Waals surface area contributed by atoms with E-state index in [1.54, 1.807) is 0 Å². The summed E-state index contributed by atoms with van der Waals surface area (Å²) in [4.78, 5) is 12.2. The van der Waals surface area contributed by atoms with Crippen LogP contribution in [0.15, 0.2) is 0 Å². The van der Waals surface area contributed by atoms with Gasteiger partial charge in [0.05, 0.1) is 12.0 Å². The Morgan fingerprint density at radius 2 is 2.00 bits per heavy atom. The van der Waals surface area contributed by atoms with Gasteiger partial charge in [0.25, 0.3) is 0 Å². The molecule has 0 aliphatic heterocycles. The minimum absolute atomic E-state index is 0.0801. The molecule has 2 aliphatic rings. The molecule has 4 unspecified atom stereocenters. The third kappa shape index (κ3) is 3.05. The van der Waals surface area contributed by atoms with E-state index in [0.29, 0.717) is 17.4 Å². The molecular formula is C15H27NO2. The summed E-state index contributed by atoms with van der Waals surface area (Å²) in [6.45, 7) is 6.85. The van der Waals surface area contributed by atoms with Crippen LogP contribution in [-0.4, -0.2) is 23.2 Å². The summed E-state index contributed by atoms with van der Waals surface area (Å²) < 4.78 is 0. The van der Waals surface area contributed by atoms with Crippen molar-refractivity contribution in [3.63, 3.8) is 0 Å². The van der Waals surface area contributed by atoms with Crippen LogP contribution < -0.4 is 5.32 Å². The Hall–Kier alpha value is -0.570. The van der Waals surface area contributed by atoms with E-state index in [1.807, 2.05) is 0 Å². The lowest BCUT2D eigenvalue weighted by Gasteiger charge is -2.40. The second-order valence-electron chi connectivity index (χ2n) is 7.10. The third-order valence-electron chi connectivity index (χ3n) is 4.84. The summed E-state index contributed by atoms with van der Waals surface area (Å²) in [6, 6.07) is 0.304. The maximum Gasteiger partial charge on any atom is 0.225 e. The SMILES string of the molecule is CC1CC(C)(C)CCC1NC(=O)C1CCCC1O. The fraction of sp³-hybridized carbons (Fsp3) is 0.933. The lowest BCUT2D eigenvalue weighted by atomic mass is 9.70. The fourth-order valence-corrected chi connectivity index (χ4v) is 3.70. The van der Waals surface area contributed by atoms with Gasteiger partial charge in [0.1, 0.15) is 0 Å². The van der Waals surface area contributed by atoms with Crippen LogP contribution >= 0.6 is 0 Å². The van der Waals surface area contributed by atoms with Crippen molar-refractivity contribution in [2.24, 2.45) is 17.3 Å². The van der Waals surface area contributed by atoms with Crippen LogP contribution in [0.25, 0.3) is 0 Å². The number of aliphatic hydroxyl groups excluding tert-OH is 1. The lowest BCUT2D eigenvalue weighted by Crippen LogP contribution is -2.47. The Morgan fingerprint density at radius 3 is 2.56 bits per heavy atom. The third-order valence-corrected chi connectivity index (χ3v) is 4.84. The van der Waals surface area contributed by atoms with Gasteiger partial charge in [0.2, 0.25) is 5.91 Å². The second kappa shape index (κ2) is 5.20. The fourth-order valence-electron chi connectivity index (χ4n) is 3.70. The van der Waals surface area contributed by atoms with Crippen molar-refractivity contribution in [1.82, 2.24) is 5.32 Å². The number of carbonyl (C=O) groups is 1. The van der Waals surface area contributed by atoms with Gasteiger partial charge in [-0.1, -0.05) is 20.8 Å². The van der Waals surface area contributed by atoms with E-state index in [9.17, 15) is 9.90 Å². The second-order valence-corrected chi connectivity index (χ2v) is 7.10. The van der Waals surface area contributed by atoms with Crippen LogP contribution in [0.5, 0.6) is 0 Å². The highest BCUT2D eigenvalue weighted by Gasteiger charge is 2.36. The van der Waals surface area contributed by atoms with Gasteiger partial charge >= 0.3 is 0 Å². The molecule has 0 aromatic carbocycles. The molecule has 3 nitrogen and oxygen atoms in total. The number of rotatable bonds is 2. The van der Waals surface area contributed by atoms with Gasteiger partial charge in [0.15, 0.2) is 0 Å². The molecule has 104 valence electrons. The Kier molecular flexibility index (Phi) is 4.00. The first kappa shape index (κ1) is 13.9. The van der Waals surface area contributed by atoms with Crippen molar-refractivity contribution < 1.29 is 9.90 Å². The van der Waals surface area contributed by atoms with Crippen molar-refractivity contribution in [3.8, 4) is 0 Å². The van der Waals surface area contributed by atoms with E-state index in [2.05, 4.69) is 26.1 Å². The lowest BCUT2D eigenvalue weighted by molar-refractivity contribution is -0.129. The molecule has 2 aliphatic carbocycles. The summed E-state index contributed by atoms with van der Waals surface area (Å²) in [6.07, 6.45) is 5.61. The first-order chi connectivity index (χ1) is 8.39. The van der Waals surface area contributed by atoms with Crippen LogP contribution in [0, 0.1) is 17.3 Å². The number of aliphatic hydroxyl groups is 1. The molecule has 1 amide bonds. The Bertz CT molecular complexity index is 314. The zero-order chi connectivity index (χ0) is 13.3. The summed E-state index contributed by atoms with van der Waals surface area (Å²) in [5, 5.41) is 13.0. The predicted molar refractivity (Wildman–Crippen MR) is 72.1 cm³/mol. The quantitative estimate of drug-likeness (QED) is 0.794. The topological polar surface area (TPSA) is 49.3 Å². The highest BCUT2D eigenvalue weighted by Crippen LogP contribution is 2.38. The molecule has 0 spiro atoms. The van der Waals surface area contributed by atoms with Crippen LogP contribution in [-0.2, 0) is 4.79 Å². The first-order valence-corrected chi connectivity index (χ1v) is 7.37. The Labute approximate surface area is 110 Å². The molecule has 0 saturated heterocycles. The van der Waals surface area contributed by atoms with E-state index >= 15 is 0 Å². The zero-order valence-electron chi connectivity index (χ0n) is 11.9. The maximum atomic E-state index is 12.2. The molecule has 0 bridgehead atoms. The van der Waals surface area contributed by atoms with Gasteiger partial charge in [0, 0.05) is 6.04 Å². The summed E-state index contributed by atoms with van der Waals surface area (Å²) in [5.74, 6) is 0.458. The number of amides is 1. The van der Waals surface area contributed by atoms with Crippen molar-refractivity contribution in [2.45, 2.75) is 71.4 Å². The molecule has 0 radical (unpaired) electrons. The van der Waals surface area contributed by atoms with Crippen molar-refractivity contribution in [2.75, 3.05) is 0 Å². The molecule has 18 heavy (non-hydrogen) atoms. The molecule has 2 rings (SSSR count). The average Bonchev–Trinajstić information content (AvgIpc) is 2.68. The highest BCUT2D eigenvalue weighted by molar-refractivity contribution is 5.79. The highest BCUT2D eigenvalue weighted by atomic mass is 16.3. The largest absolute Gasteiger partial charge is 0.392 e. The van der Waals surface area contributed by atoms with Crippen molar-refractivity contribution in [1.29, 1.82) is 0 Å². The van der Waals surface area contributed by atoms with Crippen LogP contribution in [0.1, 0.15) is 59.3 Å². The van der Waals surface area contributed by atoms with Crippen LogP contribution in [0.4, 0.5) is 0 Å². The van der Waals surface area contributed by atoms with Gasteiger partial charge in [-0.05, 0) is 49.9 Å². The summed E-state index contributed by atoms with van der Waals surface area (Å²) in [5.41, 5.74) is 0.410. The van der Waals surface area contributed by atoms with E-state index in [1.165, 1.54) is 12.8 Å². The normalized spacial score (nSPS) is 39.6. The monoisotopic (exact) mass is 253 g/mol. The van der Waals surface area contributed by atoms with Gasteiger partial charge in [-0.25, -0.2) is 0 Å². The number of hydrogen-bond acceptors (Lipinski definition) is 2. The molecular weight excluding hydrogens is 226 g/mol. The predicted octanol–water partition coefficient (Wildman–Crippen LogP) is 2.48. The Balaban J connectivity index is 1.88. The van der Waals surface area contributed by atoms with Crippen LogP contribution in [0.2, 0.25) is 0 Å². The molecule has 3 heteroatoms. The molecule has 4 atom stereocenters. The number of hydrogen-bond donors (Lipinski definition) is 2. The standard InChI is InChI=1S/C15H27NO2/c1-10-9-15(2,3)8-7-12(10)16-14(18)11-5-4-6-13(11)17/h10-13,17H,4-9H2,1-3H3,(H,16,18). The van der Waals surface area contributed by atoms with Crippen molar-refractivity contribution >= 4 is 5.91 Å². The summed E-state index contributed by atoms with van der Waals surface area (Å²) in [7, 11) is 0. The average molecular weight is 253 g/mol. The minimum atomic E-state index is -0.416. The molecule has 0 heterocycles. The minimum Gasteiger partial charge on any atom is -0.392 e. The van der Waals surface area contributed by atoms with Gasteiger partial charge in [-0.3, -0.25) is 4.79 Å². The van der Waals surface area contributed by atoms with Gasteiger partial charge in [-0.15, -0.1) is 0 Å².